The summed E-state index contributed by atoms with van der Waals surface area (Å²) in [7, 11) is 2.98. The zero-order chi connectivity index (χ0) is 33.6. The number of nitrogens with one attached hydrogen (secondary N) is 2. The van der Waals surface area contributed by atoms with Gasteiger partial charge in [-0.25, -0.2) is 4.79 Å². The molecule has 1 aromatic heterocycles. The van der Waals surface area contributed by atoms with E-state index in [2.05, 4.69) is 85.6 Å². The average molecular weight is 656 g/mol. The highest BCUT2D eigenvalue weighted by molar-refractivity contribution is 5.96. The van der Waals surface area contributed by atoms with Crippen molar-refractivity contribution in [2.24, 2.45) is 11.8 Å². The molecule has 0 aliphatic heterocycles. The number of ether oxygens (including phenoxy) is 2. The van der Waals surface area contributed by atoms with Crippen molar-refractivity contribution in [3.8, 4) is 16.9 Å². The van der Waals surface area contributed by atoms with Crippen molar-refractivity contribution in [2.45, 2.75) is 89.1 Å². The van der Waals surface area contributed by atoms with Crippen LogP contribution in [-0.2, 0) is 14.3 Å². The first-order valence-corrected chi connectivity index (χ1v) is 17.5. The first-order chi connectivity index (χ1) is 23.3. The van der Waals surface area contributed by atoms with Crippen molar-refractivity contribution < 1.29 is 23.9 Å². The summed E-state index contributed by atoms with van der Waals surface area (Å²) in [5, 5.41) is 10.0. The Kier molecular flexibility index (Phi) is 10.7. The number of aromatic nitrogens is 2. The Morgan fingerprint density at radius 3 is 2.38 bits per heavy atom. The van der Waals surface area contributed by atoms with E-state index in [0.29, 0.717) is 37.3 Å². The predicted molar refractivity (Wildman–Crippen MR) is 185 cm³/mol. The lowest BCUT2D eigenvalue weighted by Crippen LogP contribution is -2.46. The topological polar surface area (TPSA) is 115 Å². The van der Waals surface area contributed by atoms with Gasteiger partial charge in [-0.3, -0.25) is 14.3 Å². The minimum atomic E-state index is -0.635. The van der Waals surface area contributed by atoms with Gasteiger partial charge in [0, 0.05) is 36.0 Å². The third kappa shape index (κ3) is 8.20. The maximum atomic E-state index is 14.4. The highest BCUT2D eigenvalue weighted by atomic mass is 16.5. The number of anilines is 1. The second-order valence-corrected chi connectivity index (χ2v) is 13.8. The largest absolute Gasteiger partial charge is 0.496 e. The molecule has 0 atom stereocenters. The highest BCUT2D eigenvalue weighted by Crippen LogP contribution is 2.39. The maximum absolute atomic E-state index is 14.4. The molecule has 3 aliphatic carbocycles. The number of carbonyl (C=O) groups excluding carboxylic acids is 3. The SMILES string of the molecule is COC(=O)NCC(=O)NC1CCC(C(=O)N(CC2CCC(c3ccc(OC)c(C)c3)CC2)c2cccc(-c3cnn(C4CC4)c3)c2)CC1. The Morgan fingerprint density at radius 2 is 1.69 bits per heavy atom. The fourth-order valence-corrected chi connectivity index (χ4v) is 7.50. The van der Waals surface area contributed by atoms with E-state index in [1.165, 1.54) is 31.1 Å². The van der Waals surface area contributed by atoms with Gasteiger partial charge in [0.25, 0.3) is 0 Å². The molecule has 0 saturated heterocycles. The van der Waals surface area contributed by atoms with Crippen LogP contribution in [0.2, 0.25) is 0 Å². The Balaban J connectivity index is 1.13. The minimum Gasteiger partial charge on any atom is -0.496 e. The molecule has 10 nitrogen and oxygen atoms in total. The highest BCUT2D eigenvalue weighted by Gasteiger charge is 2.33. The van der Waals surface area contributed by atoms with Gasteiger partial charge in [-0.05, 0) is 118 Å². The third-order valence-corrected chi connectivity index (χ3v) is 10.5. The zero-order valence-electron chi connectivity index (χ0n) is 28.5. The normalized spacial score (nSPS) is 22.4. The van der Waals surface area contributed by atoms with E-state index in [-0.39, 0.29) is 30.3 Å². The van der Waals surface area contributed by atoms with Crippen LogP contribution < -0.4 is 20.3 Å². The molecule has 0 bridgehead atoms. The number of alkyl carbamates (subject to hydrolysis) is 1. The molecule has 48 heavy (non-hydrogen) atoms. The van der Waals surface area contributed by atoms with Crippen LogP contribution in [0.1, 0.15) is 87.3 Å². The summed E-state index contributed by atoms with van der Waals surface area (Å²) in [5.74, 6) is 1.69. The van der Waals surface area contributed by atoms with E-state index < -0.39 is 6.09 Å². The van der Waals surface area contributed by atoms with E-state index in [1.54, 1.807) is 7.11 Å². The standard InChI is InChI=1S/C38H49N5O5/c1-25-19-30(13-18-35(25)47-2)27-9-7-26(8-10-27)23-42(34-6-4-5-29(20-34)31-21-40-43(24-31)33-16-17-33)37(45)28-11-14-32(15-12-28)41-36(44)22-39-38(46)48-3/h4-6,13,18-21,24,26-28,32-33H,7-12,14-17,22-23H2,1-3H3,(H,39,46)(H,41,44). The molecular formula is C38H49N5O5. The van der Waals surface area contributed by atoms with Gasteiger partial charge in [0.1, 0.15) is 12.3 Å². The number of amides is 3. The quantitative estimate of drug-likeness (QED) is 0.243. The van der Waals surface area contributed by atoms with Gasteiger partial charge in [-0.2, -0.15) is 5.10 Å². The van der Waals surface area contributed by atoms with Crippen LogP contribution in [0.4, 0.5) is 10.5 Å². The first-order valence-electron chi connectivity index (χ1n) is 17.5. The lowest BCUT2D eigenvalue weighted by Gasteiger charge is -2.36. The van der Waals surface area contributed by atoms with Crippen LogP contribution in [0.25, 0.3) is 11.1 Å². The zero-order valence-corrected chi connectivity index (χ0v) is 28.5. The molecule has 3 fully saturated rings. The van der Waals surface area contributed by atoms with Crippen molar-refractivity contribution in [2.75, 3.05) is 32.2 Å². The van der Waals surface area contributed by atoms with Crippen LogP contribution in [0.5, 0.6) is 5.75 Å². The summed E-state index contributed by atoms with van der Waals surface area (Å²) in [6.07, 6.45) is 13.0. The summed E-state index contributed by atoms with van der Waals surface area (Å²) in [6, 6.07) is 15.4. The molecule has 256 valence electrons. The fraction of sp³-hybridized carbons (Fsp3) is 0.526. The number of nitrogens with zero attached hydrogens (tertiary/aromatic N) is 3. The number of methoxy groups -OCH3 is 2. The van der Waals surface area contributed by atoms with E-state index in [1.807, 2.05) is 6.20 Å². The molecule has 3 aromatic rings. The van der Waals surface area contributed by atoms with Gasteiger partial charge >= 0.3 is 6.09 Å². The predicted octanol–water partition coefficient (Wildman–Crippen LogP) is 6.54. The number of hydrogen-bond acceptors (Lipinski definition) is 6. The van der Waals surface area contributed by atoms with E-state index in [9.17, 15) is 14.4 Å². The summed E-state index contributed by atoms with van der Waals surface area (Å²) in [6.45, 7) is 2.68. The van der Waals surface area contributed by atoms with E-state index in [0.717, 1.165) is 61.1 Å². The molecular weight excluding hydrogens is 606 g/mol. The van der Waals surface area contributed by atoms with Crippen LogP contribution in [0, 0.1) is 18.8 Å². The van der Waals surface area contributed by atoms with Gasteiger partial charge in [0.05, 0.1) is 26.5 Å². The van der Waals surface area contributed by atoms with E-state index in [4.69, 9.17) is 4.74 Å². The van der Waals surface area contributed by atoms with Crippen LogP contribution >= 0.6 is 0 Å². The van der Waals surface area contributed by atoms with Crippen molar-refractivity contribution in [1.82, 2.24) is 20.4 Å². The van der Waals surface area contributed by atoms with Crippen LogP contribution in [0.15, 0.2) is 54.9 Å². The van der Waals surface area contributed by atoms with Gasteiger partial charge in [0.2, 0.25) is 11.8 Å². The first kappa shape index (κ1) is 33.6. The number of carbonyl (C=O) groups is 3. The fourth-order valence-electron chi connectivity index (χ4n) is 7.50. The van der Waals surface area contributed by atoms with Gasteiger partial charge in [-0.1, -0.05) is 24.3 Å². The molecule has 0 spiro atoms. The second kappa shape index (κ2) is 15.3. The monoisotopic (exact) mass is 655 g/mol. The lowest BCUT2D eigenvalue weighted by molar-refractivity contribution is -0.123. The molecule has 2 N–H and O–H groups in total. The number of benzene rings is 2. The molecule has 10 heteroatoms. The molecule has 3 amide bonds. The maximum Gasteiger partial charge on any atom is 0.407 e. The van der Waals surface area contributed by atoms with Gasteiger partial charge in [-0.15, -0.1) is 0 Å². The van der Waals surface area contributed by atoms with Crippen molar-refractivity contribution in [3.05, 3.63) is 66.0 Å². The minimum absolute atomic E-state index is 0.0161. The summed E-state index contributed by atoms with van der Waals surface area (Å²) in [4.78, 5) is 40.1. The third-order valence-electron chi connectivity index (χ3n) is 10.5. The van der Waals surface area contributed by atoms with E-state index >= 15 is 0 Å². The molecule has 1 heterocycles. The number of hydrogen-bond donors (Lipinski definition) is 2. The molecule has 0 radical (unpaired) electrons. The van der Waals surface area contributed by atoms with Crippen molar-refractivity contribution >= 4 is 23.6 Å². The Morgan fingerprint density at radius 1 is 0.917 bits per heavy atom. The molecule has 0 unspecified atom stereocenters. The average Bonchev–Trinajstić information content (AvgIpc) is 3.85. The molecule has 3 saturated carbocycles. The lowest BCUT2D eigenvalue weighted by atomic mass is 9.78. The Hall–Kier alpha value is -4.34. The second-order valence-electron chi connectivity index (χ2n) is 13.8. The van der Waals surface area contributed by atoms with Crippen molar-refractivity contribution in [1.29, 1.82) is 0 Å². The van der Waals surface area contributed by atoms with Gasteiger partial charge < -0.3 is 25.0 Å². The Bertz CT molecular complexity index is 1580. The van der Waals surface area contributed by atoms with Gasteiger partial charge in [0.15, 0.2) is 0 Å². The smallest absolute Gasteiger partial charge is 0.407 e. The van der Waals surface area contributed by atoms with Crippen molar-refractivity contribution in [3.63, 3.8) is 0 Å². The Labute approximate surface area is 283 Å². The molecule has 2 aromatic carbocycles. The number of rotatable bonds is 11. The molecule has 3 aliphatic rings. The van der Waals surface area contributed by atoms with Crippen LogP contribution in [0.3, 0.4) is 0 Å². The summed E-state index contributed by atoms with van der Waals surface area (Å²) < 4.78 is 12.1. The summed E-state index contributed by atoms with van der Waals surface area (Å²) >= 11 is 0. The molecule has 6 rings (SSSR count). The van der Waals surface area contributed by atoms with Crippen LogP contribution in [-0.4, -0.2) is 61.0 Å². The number of aryl methyl sites for hydroxylation is 1. The summed E-state index contributed by atoms with van der Waals surface area (Å²) in [5.41, 5.74) is 5.63.